The first-order valence-electron chi connectivity index (χ1n) is 5.68. The number of fused-ring (bicyclic) bond motifs is 1. The zero-order chi connectivity index (χ0) is 14.9. The van der Waals surface area contributed by atoms with Crippen molar-refractivity contribution in [3.63, 3.8) is 0 Å². The molecule has 0 aromatic carbocycles. The Morgan fingerprint density at radius 1 is 1.05 bits per heavy atom. The number of anilines is 1. The highest BCUT2D eigenvalue weighted by Crippen LogP contribution is 2.40. The summed E-state index contributed by atoms with van der Waals surface area (Å²) in [6, 6.07) is 6.96. The number of halogens is 1. The van der Waals surface area contributed by atoms with Gasteiger partial charge in [-0.05, 0) is 17.7 Å². The minimum atomic E-state index is -0.597. The molecule has 0 saturated heterocycles. The third-order valence-corrected chi connectivity index (χ3v) is 3.44. The van der Waals surface area contributed by atoms with Crippen LogP contribution in [0.5, 0.6) is 0 Å². The minimum absolute atomic E-state index is 0.0665. The van der Waals surface area contributed by atoms with Crippen LogP contribution in [0.3, 0.4) is 0 Å². The third kappa shape index (κ3) is 2.22. The molecule has 104 valence electrons. The lowest BCUT2D eigenvalue weighted by Gasteiger charge is -2.00. The van der Waals surface area contributed by atoms with E-state index in [9.17, 15) is 9.59 Å². The molecule has 0 unspecified atom stereocenters. The molecule has 6 heteroatoms. The molecule has 0 heterocycles. The van der Waals surface area contributed by atoms with Crippen LogP contribution in [0.4, 0.5) is 5.69 Å². The van der Waals surface area contributed by atoms with E-state index in [2.05, 4.69) is 15.9 Å². The first-order chi connectivity index (χ1) is 9.51. The molecule has 2 N–H and O–H groups in total. The van der Waals surface area contributed by atoms with E-state index >= 15 is 0 Å². The van der Waals surface area contributed by atoms with Gasteiger partial charge in [0.05, 0.1) is 31.0 Å². The SMILES string of the molecule is COC(=O)c1c2cccc(Br)cc-2c(C(=O)OC)c1N. The monoisotopic (exact) mass is 337 g/mol. The van der Waals surface area contributed by atoms with Gasteiger partial charge < -0.3 is 15.2 Å². The number of hydrogen-bond acceptors (Lipinski definition) is 5. The Labute approximate surface area is 124 Å². The Hall–Kier alpha value is -2.08. The number of carbonyl (C=O) groups is 2. The smallest absolute Gasteiger partial charge is 0.340 e. The number of ether oxygens (including phenoxy) is 2. The zero-order valence-corrected chi connectivity index (χ0v) is 12.5. The quantitative estimate of drug-likeness (QED) is 0.852. The first-order valence-corrected chi connectivity index (χ1v) is 6.48. The fraction of sp³-hybridized carbons (Fsp3) is 0.143. The van der Waals surface area contributed by atoms with E-state index in [-0.39, 0.29) is 16.8 Å². The summed E-state index contributed by atoms with van der Waals surface area (Å²) in [6.45, 7) is 0. The summed E-state index contributed by atoms with van der Waals surface area (Å²) in [5.41, 5.74) is 7.42. The zero-order valence-electron chi connectivity index (χ0n) is 10.9. The van der Waals surface area contributed by atoms with Crippen molar-refractivity contribution in [2.24, 2.45) is 0 Å². The van der Waals surface area contributed by atoms with Crippen LogP contribution >= 0.6 is 15.9 Å². The number of carbonyl (C=O) groups excluding carboxylic acids is 2. The summed E-state index contributed by atoms with van der Waals surface area (Å²) in [5, 5.41) is 0. The van der Waals surface area contributed by atoms with E-state index < -0.39 is 11.9 Å². The van der Waals surface area contributed by atoms with Crippen LogP contribution < -0.4 is 5.73 Å². The molecule has 0 atom stereocenters. The fourth-order valence-corrected chi connectivity index (χ4v) is 2.46. The fourth-order valence-electron chi connectivity index (χ4n) is 2.07. The van der Waals surface area contributed by atoms with Crippen molar-refractivity contribution in [3.05, 3.63) is 39.9 Å². The Morgan fingerprint density at radius 3 is 2.15 bits per heavy atom. The number of rotatable bonds is 2. The summed E-state index contributed by atoms with van der Waals surface area (Å²) < 4.78 is 10.2. The van der Waals surface area contributed by atoms with Crippen LogP contribution in [-0.2, 0) is 9.47 Å². The lowest BCUT2D eigenvalue weighted by Crippen LogP contribution is -2.07. The molecule has 2 aliphatic rings. The number of hydrogen-bond donors (Lipinski definition) is 1. The van der Waals surface area contributed by atoms with Crippen molar-refractivity contribution < 1.29 is 19.1 Å². The predicted molar refractivity (Wildman–Crippen MR) is 77.9 cm³/mol. The van der Waals surface area contributed by atoms with Crippen LogP contribution in [-0.4, -0.2) is 26.2 Å². The topological polar surface area (TPSA) is 78.6 Å². The highest BCUT2D eigenvalue weighted by molar-refractivity contribution is 9.10. The van der Waals surface area contributed by atoms with E-state index in [1.807, 2.05) is 0 Å². The molecule has 0 spiro atoms. The largest absolute Gasteiger partial charge is 0.465 e. The van der Waals surface area contributed by atoms with Gasteiger partial charge in [-0.2, -0.15) is 0 Å². The number of nitrogen functional groups attached to an aromatic ring is 1. The van der Waals surface area contributed by atoms with Gasteiger partial charge in [-0.25, -0.2) is 9.59 Å². The van der Waals surface area contributed by atoms with E-state index in [1.165, 1.54) is 14.2 Å². The molecule has 2 aliphatic carbocycles. The summed E-state index contributed by atoms with van der Waals surface area (Å²) in [7, 11) is 2.52. The highest BCUT2D eigenvalue weighted by Gasteiger charge is 2.30. The molecule has 0 bridgehead atoms. The van der Waals surface area contributed by atoms with Crippen molar-refractivity contribution >= 4 is 33.6 Å². The molecular weight excluding hydrogens is 326 g/mol. The molecule has 20 heavy (non-hydrogen) atoms. The normalized spacial score (nSPS) is 10.3. The van der Waals surface area contributed by atoms with E-state index in [0.717, 1.165) is 4.47 Å². The Balaban J connectivity index is 2.86. The van der Waals surface area contributed by atoms with Gasteiger partial charge in [-0.1, -0.05) is 28.1 Å². The molecule has 0 aliphatic heterocycles. The van der Waals surface area contributed by atoms with Crippen molar-refractivity contribution in [3.8, 4) is 11.1 Å². The van der Waals surface area contributed by atoms with Gasteiger partial charge in [0.15, 0.2) is 0 Å². The summed E-state index contributed by atoms with van der Waals surface area (Å²) in [5.74, 6) is -1.19. The van der Waals surface area contributed by atoms with Crippen molar-refractivity contribution in [2.75, 3.05) is 20.0 Å². The maximum atomic E-state index is 11.9. The van der Waals surface area contributed by atoms with E-state index in [1.54, 1.807) is 24.3 Å². The minimum Gasteiger partial charge on any atom is -0.465 e. The molecule has 0 aromatic heterocycles. The average Bonchev–Trinajstić information content (AvgIpc) is 2.57. The van der Waals surface area contributed by atoms with Gasteiger partial charge in [-0.15, -0.1) is 0 Å². The maximum absolute atomic E-state index is 11.9. The molecule has 0 amide bonds. The molecule has 0 radical (unpaired) electrons. The van der Waals surface area contributed by atoms with E-state index in [4.69, 9.17) is 15.2 Å². The summed E-state index contributed by atoms with van der Waals surface area (Å²) >= 11 is 3.35. The van der Waals surface area contributed by atoms with Gasteiger partial charge in [0.1, 0.15) is 0 Å². The van der Waals surface area contributed by atoms with Crippen molar-refractivity contribution in [1.29, 1.82) is 0 Å². The molecule has 5 nitrogen and oxygen atoms in total. The highest BCUT2D eigenvalue weighted by atomic mass is 79.9. The van der Waals surface area contributed by atoms with Crippen LogP contribution in [0.1, 0.15) is 20.7 Å². The van der Waals surface area contributed by atoms with Crippen LogP contribution in [0.2, 0.25) is 0 Å². The second-order valence-corrected chi connectivity index (χ2v) is 4.94. The average molecular weight is 338 g/mol. The third-order valence-electron chi connectivity index (χ3n) is 2.95. The lowest BCUT2D eigenvalue weighted by molar-refractivity contribution is 0.0600. The Kier molecular flexibility index (Phi) is 3.94. The number of nitrogens with two attached hydrogens (primary N) is 1. The van der Waals surface area contributed by atoms with Crippen LogP contribution in [0.25, 0.3) is 11.1 Å². The molecule has 0 fully saturated rings. The van der Waals surface area contributed by atoms with Gasteiger partial charge in [0.2, 0.25) is 0 Å². The Morgan fingerprint density at radius 2 is 1.60 bits per heavy atom. The second kappa shape index (κ2) is 5.50. The lowest BCUT2D eigenvalue weighted by atomic mass is 10.1. The molecule has 0 saturated carbocycles. The Bertz CT molecular complexity index is 669. The van der Waals surface area contributed by atoms with Gasteiger partial charge in [-0.3, -0.25) is 0 Å². The summed E-state index contributed by atoms with van der Waals surface area (Å²) in [6.07, 6.45) is 0. The predicted octanol–water partition coefficient (Wildman–Crippen LogP) is 2.71. The number of esters is 2. The second-order valence-electron chi connectivity index (χ2n) is 4.03. The van der Waals surface area contributed by atoms with Crippen LogP contribution in [0.15, 0.2) is 28.7 Å². The van der Waals surface area contributed by atoms with Gasteiger partial charge in [0.25, 0.3) is 0 Å². The van der Waals surface area contributed by atoms with Crippen LogP contribution in [0, 0.1) is 0 Å². The number of methoxy groups -OCH3 is 2. The van der Waals surface area contributed by atoms with E-state index in [0.29, 0.717) is 11.1 Å². The van der Waals surface area contributed by atoms with Gasteiger partial charge >= 0.3 is 11.9 Å². The maximum Gasteiger partial charge on any atom is 0.340 e. The van der Waals surface area contributed by atoms with Crippen molar-refractivity contribution in [2.45, 2.75) is 0 Å². The first kappa shape index (κ1) is 14.3. The molecular formula is C14H12BrNO4. The molecule has 2 rings (SSSR count). The van der Waals surface area contributed by atoms with Gasteiger partial charge in [0, 0.05) is 10.0 Å². The van der Waals surface area contributed by atoms with Crippen molar-refractivity contribution in [1.82, 2.24) is 0 Å². The standard InChI is InChI=1S/C14H12BrNO4/c1-19-13(17)10-8-5-3-4-7(15)6-9(8)11(12(10)16)14(18)20-2/h3-6H,16H2,1-2H3. The summed E-state index contributed by atoms with van der Waals surface area (Å²) in [4.78, 5) is 23.8. The molecule has 0 aromatic rings.